The third kappa shape index (κ3) is 4.64. The summed E-state index contributed by atoms with van der Waals surface area (Å²) in [5.41, 5.74) is 1.30. The fourth-order valence-electron chi connectivity index (χ4n) is 2.44. The first kappa shape index (κ1) is 16.2. The Hall–Kier alpha value is -0.830. The standard InChI is InChI=1S/C16H28O3/c1-6-7-8-18-9-10-19-15(17)14-13(11-12(2)3)16(14,4)5/h11,13-14H,6-10H2,1-5H3/t13-,14+/m0/s1. The van der Waals surface area contributed by atoms with Crippen molar-refractivity contribution in [1.82, 2.24) is 0 Å². The van der Waals surface area contributed by atoms with Gasteiger partial charge in [0.2, 0.25) is 0 Å². The first-order chi connectivity index (χ1) is 8.91. The van der Waals surface area contributed by atoms with Crippen LogP contribution >= 0.6 is 0 Å². The molecule has 0 aromatic heterocycles. The second-order valence-electron chi connectivity index (χ2n) is 6.20. The van der Waals surface area contributed by atoms with Crippen LogP contribution in [0.1, 0.15) is 47.5 Å². The highest BCUT2D eigenvalue weighted by Crippen LogP contribution is 2.59. The zero-order chi connectivity index (χ0) is 14.5. The molecule has 110 valence electrons. The molecule has 1 aliphatic carbocycles. The monoisotopic (exact) mass is 268 g/mol. The molecule has 0 aromatic carbocycles. The number of carbonyl (C=O) groups is 1. The van der Waals surface area contributed by atoms with Gasteiger partial charge in [0, 0.05) is 6.61 Å². The topological polar surface area (TPSA) is 35.5 Å². The smallest absolute Gasteiger partial charge is 0.310 e. The second-order valence-corrected chi connectivity index (χ2v) is 6.20. The summed E-state index contributed by atoms with van der Waals surface area (Å²) in [6.07, 6.45) is 4.37. The summed E-state index contributed by atoms with van der Waals surface area (Å²) < 4.78 is 10.7. The molecule has 1 fully saturated rings. The van der Waals surface area contributed by atoms with Gasteiger partial charge in [-0.2, -0.15) is 0 Å². The van der Waals surface area contributed by atoms with E-state index in [0.717, 1.165) is 19.4 Å². The molecule has 1 saturated carbocycles. The second kappa shape index (κ2) is 7.09. The predicted molar refractivity (Wildman–Crippen MR) is 76.9 cm³/mol. The van der Waals surface area contributed by atoms with Crippen LogP contribution in [0, 0.1) is 17.3 Å². The zero-order valence-corrected chi connectivity index (χ0v) is 13.0. The molecule has 3 nitrogen and oxygen atoms in total. The van der Waals surface area contributed by atoms with Crippen molar-refractivity contribution in [2.75, 3.05) is 19.8 Å². The van der Waals surface area contributed by atoms with Gasteiger partial charge < -0.3 is 9.47 Å². The number of hydrogen-bond donors (Lipinski definition) is 0. The summed E-state index contributed by atoms with van der Waals surface area (Å²) in [5.74, 6) is 0.260. The van der Waals surface area contributed by atoms with Crippen LogP contribution in [0.4, 0.5) is 0 Å². The number of rotatable bonds is 8. The fraction of sp³-hybridized carbons (Fsp3) is 0.812. The summed E-state index contributed by atoms with van der Waals surface area (Å²) in [6.45, 7) is 12.1. The van der Waals surface area contributed by atoms with E-state index >= 15 is 0 Å². The average Bonchev–Trinajstić information content (AvgIpc) is 2.84. The highest BCUT2D eigenvalue weighted by molar-refractivity contribution is 5.78. The normalized spacial score (nSPS) is 23.8. The number of hydrogen-bond acceptors (Lipinski definition) is 3. The van der Waals surface area contributed by atoms with Crippen LogP contribution in [0.5, 0.6) is 0 Å². The number of unbranched alkanes of at least 4 members (excludes halogenated alkanes) is 1. The first-order valence-electron chi connectivity index (χ1n) is 7.30. The highest BCUT2D eigenvalue weighted by atomic mass is 16.6. The van der Waals surface area contributed by atoms with Crippen LogP contribution in [-0.4, -0.2) is 25.8 Å². The van der Waals surface area contributed by atoms with Crippen molar-refractivity contribution in [3.05, 3.63) is 11.6 Å². The minimum absolute atomic E-state index is 0.0121. The lowest BCUT2D eigenvalue weighted by atomic mass is 10.1. The van der Waals surface area contributed by atoms with Crippen LogP contribution in [0.25, 0.3) is 0 Å². The quantitative estimate of drug-likeness (QED) is 0.383. The minimum Gasteiger partial charge on any atom is -0.463 e. The van der Waals surface area contributed by atoms with E-state index in [2.05, 4.69) is 40.7 Å². The molecule has 0 N–H and O–H groups in total. The molecule has 0 saturated heterocycles. The highest BCUT2D eigenvalue weighted by Gasteiger charge is 2.61. The maximum absolute atomic E-state index is 12.0. The summed E-state index contributed by atoms with van der Waals surface area (Å²) in [7, 11) is 0. The Morgan fingerprint density at radius 1 is 1.21 bits per heavy atom. The van der Waals surface area contributed by atoms with E-state index in [0.29, 0.717) is 19.1 Å². The molecule has 2 atom stereocenters. The first-order valence-corrected chi connectivity index (χ1v) is 7.30. The van der Waals surface area contributed by atoms with Gasteiger partial charge in [-0.25, -0.2) is 0 Å². The third-order valence-corrected chi connectivity index (χ3v) is 3.79. The number of ether oxygens (including phenoxy) is 2. The summed E-state index contributed by atoms with van der Waals surface area (Å²) in [5, 5.41) is 0. The summed E-state index contributed by atoms with van der Waals surface area (Å²) in [4.78, 5) is 12.0. The number of allylic oxidation sites excluding steroid dienone is 2. The predicted octanol–water partition coefficient (Wildman–Crippen LogP) is 3.58. The lowest BCUT2D eigenvalue weighted by Crippen LogP contribution is -2.14. The Labute approximate surface area is 117 Å². The van der Waals surface area contributed by atoms with E-state index < -0.39 is 0 Å². The molecule has 0 radical (unpaired) electrons. The van der Waals surface area contributed by atoms with E-state index in [9.17, 15) is 4.79 Å². The Bertz CT molecular complexity index is 327. The Balaban J connectivity index is 2.26. The van der Waals surface area contributed by atoms with Crippen molar-refractivity contribution < 1.29 is 14.3 Å². The van der Waals surface area contributed by atoms with Crippen LogP contribution in [0.15, 0.2) is 11.6 Å². The van der Waals surface area contributed by atoms with Gasteiger partial charge in [-0.15, -0.1) is 0 Å². The molecular weight excluding hydrogens is 240 g/mol. The maximum Gasteiger partial charge on any atom is 0.310 e. The van der Waals surface area contributed by atoms with Crippen molar-refractivity contribution >= 4 is 5.97 Å². The molecule has 1 aliphatic rings. The maximum atomic E-state index is 12.0. The van der Waals surface area contributed by atoms with Crippen molar-refractivity contribution in [3.63, 3.8) is 0 Å². The summed E-state index contributed by atoms with van der Waals surface area (Å²) in [6, 6.07) is 0. The molecule has 0 amide bonds. The molecule has 0 spiro atoms. The molecule has 0 heterocycles. The summed E-state index contributed by atoms with van der Waals surface area (Å²) >= 11 is 0. The van der Waals surface area contributed by atoms with E-state index in [4.69, 9.17) is 9.47 Å². The van der Waals surface area contributed by atoms with Crippen molar-refractivity contribution in [1.29, 1.82) is 0 Å². The van der Waals surface area contributed by atoms with Gasteiger partial charge in [-0.1, -0.05) is 38.8 Å². The fourth-order valence-corrected chi connectivity index (χ4v) is 2.44. The Morgan fingerprint density at radius 2 is 1.89 bits per heavy atom. The molecule has 19 heavy (non-hydrogen) atoms. The van der Waals surface area contributed by atoms with Gasteiger partial charge in [-0.3, -0.25) is 4.79 Å². The van der Waals surface area contributed by atoms with Gasteiger partial charge in [0.25, 0.3) is 0 Å². The van der Waals surface area contributed by atoms with Gasteiger partial charge in [0.15, 0.2) is 0 Å². The Kier molecular flexibility index (Phi) is 6.05. The van der Waals surface area contributed by atoms with E-state index in [-0.39, 0.29) is 17.3 Å². The van der Waals surface area contributed by atoms with E-state index in [1.165, 1.54) is 5.57 Å². The third-order valence-electron chi connectivity index (χ3n) is 3.79. The van der Waals surface area contributed by atoms with Crippen molar-refractivity contribution in [2.45, 2.75) is 47.5 Å². The van der Waals surface area contributed by atoms with Crippen LogP contribution in [-0.2, 0) is 14.3 Å². The molecule has 0 unspecified atom stereocenters. The average molecular weight is 268 g/mol. The molecule has 0 aromatic rings. The molecule has 3 heteroatoms. The number of esters is 1. The van der Waals surface area contributed by atoms with Gasteiger partial charge in [-0.05, 0) is 31.6 Å². The van der Waals surface area contributed by atoms with Gasteiger partial charge >= 0.3 is 5.97 Å². The van der Waals surface area contributed by atoms with E-state index in [1.54, 1.807) is 0 Å². The zero-order valence-electron chi connectivity index (χ0n) is 13.0. The Morgan fingerprint density at radius 3 is 2.47 bits per heavy atom. The van der Waals surface area contributed by atoms with Gasteiger partial charge in [0.05, 0.1) is 12.5 Å². The van der Waals surface area contributed by atoms with Crippen LogP contribution in [0.2, 0.25) is 0 Å². The van der Waals surface area contributed by atoms with Crippen molar-refractivity contribution in [2.24, 2.45) is 17.3 Å². The largest absolute Gasteiger partial charge is 0.463 e. The van der Waals surface area contributed by atoms with Gasteiger partial charge in [0.1, 0.15) is 6.61 Å². The SMILES string of the molecule is CCCCOCCOC(=O)[C@H]1[C@H](C=C(C)C)C1(C)C. The molecular formula is C16H28O3. The van der Waals surface area contributed by atoms with E-state index in [1.807, 2.05) is 0 Å². The van der Waals surface area contributed by atoms with Crippen LogP contribution in [0.3, 0.4) is 0 Å². The molecule has 0 bridgehead atoms. The molecule has 0 aliphatic heterocycles. The van der Waals surface area contributed by atoms with Crippen molar-refractivity contribution in [3.8, 4) is 0 Å². The number of carbonyl (C=O) groups excluding carboxylic acids is 1. The van der Waals surface area contributed by atoms with Crippen LogP contribution < -0.4 is 0 Å². The lowest BCUT2D eigenvalue weighted by Gasteiger charge is -2.06. The minimum atomic E-state index is -0.0772. The lowest BCUT2D eigenvalue weighted by molar-refractivity contribution is -0.147. The molecule has 1 rings (SSSR count).